The summed E-state index contributed by atoms with van der Waals surface area (Å²) < 4.78 is 15.8. The second-order valence-corrected chi connectivity index (χ2v) is 5.64. The molecule has 1 aromatic rings. The highest BCUT2D eigenvalue weighted by Gasteiger charge is 2.33. The summed E-state index contributed by atoms with van der Waals surface area (Å²) >= 11 is 0. The number of benzene rings is 1. The van der Waals surface area contributed by atoms with Gasteiger partial charge in [0.05, 0.1) is 6.10 Å². The molecule has 1 aliphatic rings. The largest absolute Gasteiger partial charge is 0.460 e. The van der Waals surface area contributed by atoms with Gasteiger partial charge in [0.1, 0.15) is 12.7 Å². The summed E-state index contributed by atoms with van der Waals surface area (Å²) in [5.74, 6) is -0.314. The Hall–Kier alpha value is -2.08. The van der Waals surface area contributed by atoms with Crippen molar-refractivity contribution in [3.8, 4) is 0 Å². The van der Waals surface area contributed by atoms with Crippen molar-refractivity contribution in [3.63, 3.8) is 0 Å². The monoisotopic (exact) mass is 321 g/mol. The van der Waals surface area contributed by atoms with E-state index >= 15 is 0 Å². The number of carbonyl (C=O) groups excluding carboxylic acids is 2. The quantitative estimate of drug-likeness (QED) is 0.843. The van der Waals surface area contributed by atoms with Gasteiger partial charge in [-0.05, 0) is 24.8 Å². The molecule has 2 rings (SSSR count). The van der Waals surface area contributed by atoms with Gasteiger partial charge in [-0.3, -0.25) is 4.79 Å². The Morgan fingerprint density at radius 2 is 1.91 bits per heavy atom. The van der Waals surface area contributed by atoms with E-state index in [9.17, 15) is 9.59 Å². The van der Waals surface area contributed by atoms with E-state index in [2.05, 4.69) is 5.32 Å². The number of alkyl carbamates (subject to hydrolysis) is 1. The average Bonchev–Trinajstić information content (AvgIpc) is 2.55. The Labute approximate surface area is 136 Å². The standard InChI is InChI=1S/C17H23NO5/c1-12(19)23-15-9-8-14(10-16(15)21-2)18-17(20)22-11-13-6-4-3-5-7-13/h3-7,14-16H,8-11H2,1-2H3,(H,18,20)/t14-,15-,16-/m0/s1. The molecule has 23 heavy (non-hydrogen) atoms. The zero-order valence-corrected chi connectivity index (χ0v) is 13.5. The maximum Gasteiger partial charge on any atom is 0.407 e. The first-order chi connectivity index (χ1) is 11.1. The molecule has 0 unspecified atom stereocenters. The van der Waals surface area contributed by atoms with Crippen LogP contribution in [0, 0.1) is 0 Å². The van der Waals surface area contributed by atoms with E-state index in [-0.39, 0.29) is 30.8 Å². The number of carbonyl (C=O) groups is 2. The van der Waals surface area contributed by atoms with Crippen LogP contribution >= 0.6 is 0 Å². The molecule has 1 saturated carbocycles. The SMILES string of the molecule is CO[C@H]1C[C@@H](NC(=O)OCc2ccccc2)CC[C@@H]1OC(C)=O. The van der Waals surface area contributed by atoms with Gasteiger partial charge in [-0.1, -0.05) is 30.3 Å². The van der Waals surface area contributed by atoms with Crippen molar-refractivity contribution in [1.82, 2.24) is 5.32 Å². The molecule has 0 bridgehead atoms. The van der Waals surface area contributed by atoms with Crippen LogP contribution in [0.1, 0.15) is 31.7 Å². The van der Waals surface area contributed by atoms with Crippen LogP contribution in [0.25, 0.3) is 0 Å². The van der Waals surface area contributed by atoms with Gasteiger partial charge in [0.15, 0.2) is 0 Å². The van der Waals surface area contributed by atoms with Crippen molar-refractivity contribution in [3.05, 3.63) is 35.9 Å². The van der Waals surface area contributed by atoms with Gasteiger partial charge in [0, 0.05) is 20.1 Å². The minimum atomic E-state index is -0.445. The van der Waals surface area contributed by atoms with Crippen molar-refractivity contribution < 1.29 is 23.8 Å². The van der Waals surface area contributed by atoms with Crippen LogP contribution in [0.3, 0.4) is 0 Å². The van der Waals surface area contributed by atoms with Crippen LogP contribution in [-0.4, -0.2) is 37.4 Å². The Morgan fingerprint density at radius 1 is 1.17 bits per heavy atom. The molecule has 0 spiro atoms. The molecule has 6 heteroatoms. The molecule has 1 amide bonds. The molecule has 1 N–H and O–H groups in total. The number of nitrogens with one attached hydrogen (secondary N) is 1. The highest BCUT2D eigenvalue weighted by atomic mass is 16.6. The third-order valence-corrected chi connectivity index (χ3v) is 3.89. The zero-order chi connectivity index (χ0) is 16.7. The van der Waals surface area contributed by atoms with Gasteiger partial charge in [0.25, 0.3) is 0 Å². The Kier molecular flexibility index (Phi) is 6.40. The maximum absolute atomic E-state index is 11.9. The predicted molar refractivity (Wildman–Crippen MR) is 83.8 cm³/mol. The van der Waals surface area contributed by atoms with Gasteiger partial charge in [0.2, 0.25) is 0 Å². The first-order valence-corrected chi connectivity index (χ1v) is 7.75. The normalized spacial score (nSPS) is 23.8. The van der Waals surface area contributed by atoms with Gasteiger partial charge >= 0.3 is 12.1 Å². The fourth-order valence-corrected chi connectivity index (χ4v) is 2.76. The summed E-state index contributed by atoms with van der Waals surface area (Å²) in [7, 11) is 1.58. The summed E-state index contributed by atoms with van der Waals surface area (Å²) in [4.78, 5) is 23.0. The van der Waals surface area contributed by atoms with E-state index in [1.54, 1.807) is 7.11 Å². The molecule has 0 saturated heterocycles. The highest BCUT2D eigenvalue weighted by Crippen LogP contribution is 2.24. The van der Waals surface area contributed by atoms with E-state index in [1.165, 1.54) is 6.92 Å². The van der Waals surface area contributed by atoms with E-state index < -0.39 is 6.09 Å². The Bertz CT molecular complexity index is 519. The summed E-state index contributed by atoms with van der Waals surface area (Å²) in [6.45, 7) is 1.63. The van der Waals surface area contributed by atoms with E-state index in [4.69, 9.17) is 14.2 Å². The van der Waals surface area contributed by atoms with Crippen molar-refractivity contribution in [2.75, 3.05) is 7.11 Å². The number of ether oxygens (including phenoxy) is 3. The lowest BCUT2D eigenvalue weighted by Crippen LogP contribution is -2.46. The Balaban J connectivity index is 1.77. The number of rotatable bonds is 5. The minimum absolute atomic E-state index is 0.0463. The maximum atomic E-state index is 11.9. The van der Waals surface area contributed by atoms with E-state index in [1.807, 2.05) is 30.3 Å². The average molecular weight is 321 g/mol. The number of hydrogen-bond donors (Lipinski definition) is 1. The summed E-state index contributed by atoms with van der Waals surface area (Å²) in [5.41, 5.74) is 0.941. The number of esters is 1. The molecule has 0 radical (unpaired) electrons. The molecule has 0 aliphatic heterocycles. The van der Waals surface area contributed by atoms with E-state index in [0.29, 0.717) is 12.8 Å². The molecule has 3 atom stereocenters. The molecule has 1 aromatic carbocycles. The van der Waals surface area contributed by atoms with E-state index in [0.717, 1.165) is 12.0 Å². The van der Waals surface area contributed by atoms with Gasteiger partial charge in [-0.2, -0.15) is 0 Å². The van der Waals surface area contributed by atoms with Crippen molar-refractivity contribution in [1.29, 1.82) is 0 Å². The number of hydrogen-bond acceptors (Lipinski definition) is 5. The van der Waals surface area contributed by atoms with Crippen LogP contribution < -0.4 is 5.32 Å². The predicted octanol–water partition coefficient (Wildman–Crippen LogP) is 2.41. The summed E-state index contributed by atoms with van der Waals surface area (Å²) in [6.07, 6.45) is 1.05. The summed E-state index contributed by atoms with van der Waals surface area (Å²) in [6, 6.07) is 9.47. The van der Waals surface area contributed by atoms with Crippen LogP contribution in [0.4, 0.5) is 4.79 Å². The topological polar surface area (TPSA) is 73.9 Å². The second-order valence-electron chi connectivity index (χ2n) is 5.64. The lowest BCUT2D eigenvalue weighted by molar-refractivity contribution is -0.157. The van der Waals surface area contributed by atoms with Crippen molar-refractivity contribution in [2.45, 2.75) is 51.0 Å². The van der Waals surface area contributed by atoms with Crippen LogP contribution in [0.2, 0.25) is 0 Å². The third-order valence-electron chi connectivity index (χ3n) is 3.89. The van der Waals surface area contributed by atoms with Crippen molar-refractivity contribution >= 4 is 12.1 Å². The summed E-state index contributed by atoms with van der Waals surface area (Å²) in [5, 5.41) is 2.85. The van der Waals surface area contributed by atoms with Crippen LogP contribution in [-0.2, 0) is 25.6 Å². The second kappa shape index (κ2) is 8.53. The van der Waals surface area contributed by atoms with Gasteiger partial charge < -0.3 is 19.5 Å². The Morgan fingerprint density at radius 3 is 2.57 bits per heavy atom. The number of methoxy groups -OCH3 is 1. The van der Waals surface area contributed by atoms with Gasteiger partial charge in [-0.25, -0.2) is 4.79 Å². The van der Waals surface area contributed by atoms with Crippen LogP contribution in [0.5, 0.6) is 0 Å². The zero-order valence-electron chi connectivity index (χ0n) is 13.5. The molecular formula is C17H23NO5. The minimum Gasteiger partial charge on any atom is -0.460 e. The van der Waals surface area contributed by atoms with Crippen molar-refractivity contribution in [2.24, 2.45) is 0 Å². The van der Waals surface area contributed by atoms with Gasteiger partial charge in [-0.15, -0.1) is 0 Å². The van der Waals surface area contributed by atoms with Crippen LogP contribution in [0.15, 0.2) is 30.3 Å². The molecule has 6 nitrogen and oxygen atoms in total. The third kappa shape index (κ3) is 5.56. The molecule has 0 aromatic heterocycles. The highest BCUT2D eigenvalue weighted by molar-refractivity contribution is 5.67. The fraction of sp³-hybridized carbons (Fsp3) is 0.529. The molecule has 1 aliphatic carbocycles. The lowest BCUT2D eigenvalue weighted by atomic mass is 9.90. The molecule has 126 valence electrons. The first-order valence-electron chi connectivity index (χ1n) is 7.75. The molecule has 1 fully saturated rings. The smallest absolute Gasteiger partial charge is 0.407 e. The first kappa shape index (κ1) is 17.3. The number of amides is 1. The fourth-order valence-electron chi connectivity index (χ4n) is 2.76. The lowest BCUT2D eigenvalue weighted by Gasteiger charge is -2.34. The molecule has 0 heterocycles. The molecular weight excluding hydrogens is 298 g/mol.